The number of sulfonamides is 1. The normalized spacial score (nSPS) is 17.5. The van der Waals surface area contributed by atoms with Gasteiger partial charge in [-0.1, -0.05) is 18.2 Å². The van der Waals surface area contributed by atoms with Crippen molar-refractivity contribution >= 4 is 10.0 Å². The number of piperidine rings is 1. The fourth-order valence-corrected chi connectivity index (χ4v) is 5.11. The van der Waals surface area contributed by atoms with Gasteiger partial charge in [-0.25, -0.2) is 8.42 Å². The summed E-state index contributed by atoms with van der Waals surface area (Å²) in [6.45, 7) is 0.897. The summed E-state index contributed by atoms with van der Waals surface area (Å²) in [4.78, 5) is 0.212. The van der Waals surface area contributed by atoms with Crippen LogP contribution >= 0.6 is 0 Å². The molecule has 2 aliphatic heterocycles. The zero-order valence-electron chi connectivity index (χ0n) is 15.5. The maximum atomic E-state index is 13.0. The Labute approximate surface area is 168 Å². The Kier molecular flexibility index (Phi) is 4.48. The van der Waals surface area contributed by atoms with Gasteiger partial charge in [0, 0.05) is 30.6 Å². The Bertz CT molecular complexity index is 1120. The van der Waals surface area contributed by atoms with Crippen LogP contribution in [0.1, 0.15) is 24.7 Å². The van der Waals surface area contributed by atoms with Gasteiger partial charge in [0.25, 0.3) is 0 Å². The highest BCUT2D eigenvalue weighted by Gasteiger charge is 2.33. The van der Waals surface area contributed by atoms with Crippen LogP contribution in [-0.2, 0) is 10.0 Å². The van der Waals surface area contributed by atoms with E-state index in [1.54, 1.807) is 12.1 Å². The summed E-state index contributed by atoms with van der Waals surface area (Å²) >= 11 is 0. The van der Waals surface area contributed by atoms with Crippen LogP contribution in [0.3, 0.4) is 0 Å². The topological polar surface area (TPSA) is 94.8 Å². The number of rotatable bonds is 4. The van der Waals surface area contributed by atoms with Gasteiger partial charge in [-0.05, 0) is 37.1 Å². The molecule has 150 valence electrons. The summed E-state index contributed by atoms with van der Waals surface area (Å²) in [5, 5.41) is 8.32. The van der Waals surface area contributed by atoms with Crippen molar-refractivity contribution in [3.8, 4) is 23.0 Å². The van der Waals surface area contributed by atoms with Gasteiger partial charge in [-0.2, -0.15) is 4.31 Å². The first-order chi connectivity index (χ1) is 14.1. The van der Waals surface area contributed by atoms with Crippen molar-refractivity contribution in [1.82, 2.24) is 14.5 Å². The maximum Gasteiger partial charge on any atom is 0.247 e. The second kappa shape index (κ2) is 7.16. The lowest BCUT2D eigenvalue weighted by atomic mass is 9.98. The van der Waals surface area contributed by atoms with Crippen LogP contribution in [0.25, 0.3) is 11.5 Å². The number of fused-ring (bicyclic) bond motifs is 1. The van der Waals surface area contributed by atoms with E-state index in [0.717, 1.165) is 5.56 Å². The minimum Gasteiger partial charge on any atom is -0.454 e. The van der Waals surface area contributed by atoms with Crippen LogP contribution < -0.4 is 9.47 Å². The number of benzene rings is 2. The molecular formula is C20H19N3O5S. The van der Waals surface area contributed by atoms with Crippen LogP contribution in [0, 0.1) is 0 Å². The molecule has 0 amide bonds. The molecule has 2 aromatic carbocycles. The monoisotopic (exact) mass is 413 g/mol. The van der Waals surface area contributed by atoms with Gasteiger partial charge in [0.1, 0.15) is 0 Å². The second-order valence-corrected chi connectivity index (χ2v) is 8.94. The van der Waals surface area contributed by atoms with E-state index in [1.807, 2.05) is 30.3 Å². The fraction of sp³-hybridized carbons (Fsp3) is 0.300. The van der Waals surface area contributed by atoms with Gasteiger partial charge in [0.15, 0.2) is 11.5 Å². The molecule has 0 radical (unpaired) electrons. The van der Waals surface area contributed by atoms with Gasteiger partial charge in [0.05, 0.1) is 4.90 Å². The summed E-state index contributed by atoms with van der Waals surface area (Å²) in [7, 11) is -3.60. The minimum atomic E-state index is -3.60. The number of aromatic nitrogens is 2. The third kappa shape index (κ3) is 3.36. The quantitative estimate of drug-likeness (QED) is 0.649. The van der Waals surface area contributed by atoms with Gasteiger partial charge < -0.3 is 13.9 Å². The zero-order valence-corrected chi connectivity index (χ0v) is 16.3. The summed E-state index contributed by atoms with van der Waals surface area (Å²) in [5.41, 5.74) is 0.870. The van der Waals surface area contributed by atoms with E-state index in [2.05, 4.69) is 10.2 Å². The van der Waals surface area contributed by atoms with Crippen molar-refractivity contribution in [2.75, 3.05) is 19.9 Å². The highest BCUT2D eigenvalue weighted by molar-refractivity contribution is 7.89. The van der Waals surface area contributed by atoms with Crippen LogP contribution in [-0.4, -0.2) is 42.8 Å². The number of hydrogen-bond acceptors (Lipinski definition) is 7. The van der Waals surface area contributed by atoms with E-state index in [1.165, 1.54) is 10.4 Å². The molecule has 3 aromatic rings. The maximum absolute atomic E-state index is 13.0. The molecule has 3 heterocycles. The summed E-state index contributed by atoms with van der Waals surface area (Å²) in [6, 6.07) is 14.3. The van der Waals surface area contributed by atoms with Gasteiger partial charge in [-0.3, -0.25) is 0 Å². The summed E-state index contributed by atoms with van der Waals surface area (Å²) in [6.07, 6.45) is 1.25. The summed E-state index contributed by atoms with van der Waals surface area (Å²) in [5.74, 6) is 2.11. The highest BCUT2D eigenvalue weighted by Crippen LogP contribution is 2.36. The molecule has 0 saturated carbocycles. The molecule has 0 N–H and O–H groups in total. The predicted molar refractivity (Wildman–Crippen MR) is 103 cm³/mol. The second-order valence-electron chi connectivity index (χ2n) is 7.00. The number of ether oxygens (including phenoxy) is 2. The Morgan fingerprint density at radius 1 is 0.931 bits per heavy atom. The molecule has 8 nitrogen and oxygen atoms in total. The third-order valence-electron chi connectivity index (χ3n) is 5.25. The van der Waals surface area contributed by atoms with Crippen molar-refractivity contribution < 1.29 is 22.3 Å². The lowest BCUT2D eigenvalue weighted by Crippen LogP contribution is -2.37. The van der Waals surface area contributed by atoms with E-state index >= 15 is 0 Å². The van der Waals surface area contributed by atoms with E-state index in [-0.39, 0.29) is 17.6 Å². The van der Waals surface area contributed by atoms with Crippen molar-refractivity contribution in [1.29, 1.82) is 0 Å². The van der Waals surface area contributed by atoms with E-state index in [0.29, 0.717) is 49.2 Å². The van der Waals surface area contributed by atoms with E-state index < -0.39 is 10.0 Å². The highest BCUT2D eigenvalue weighted by atomic mass is 32.2. The Morgan fingerprint density at radius 2 is 1.69 bits per heavy atom. The average molecular weight is 413 g/mol. The standard InChI is InChI=1S/C20H19N3O5S/c24-29(25,16-6-7-17-18(12-16)27-13-26-17)23-10-8-15(9-11-23)20-22-21-19(28-20)14-4-2-1-3-5-14/h1-7,12,15H,8-11,13H2. The Balaban J connectivity index is 1.28. The molecule has 1 aromatic heterocycles. The van der Waals surface area contributed by atoms with E-state index in [4.69, 9.17) is 13.9 Å². The average Bonchev–Trinajstić information content (AvgIpc) is 3.44. The minimum absolute atomic E-state index is 0.0446. The SMILES string of the molecule is O=S(=O)(c1ccc2c(c1)OCO2)N1CCC(c2nnc(-c3ccccc3)o2)CC1. The van der Waals surface area contributed by atoms with Crippen molar-refractivity contribution in [2.45, 2.75) is 23.7 Å². The first-order valence-corrected chi connectivity index (χ1v) is 10.8. The molecule has 5 rings (SSSR count). The first-order valence-electron chi connectivity index (χ1n) is 9.40. The van der Waals surface area contributed by atoms with Gasteiger partial charge in [-0.15, -0.1) is 10.2 Å². The first kappa shape index (κ1) is 18.1. The van der Waals surface area contributed by atoms with Crippen molar-refractivity contribution in [2.24, 2.45) is 0 Å². The molecule has 29 heavy (non-hydrogen) atoms. The van der Waals surface area contributed by atoms with Crippen LogP contribution in [0.15, 0.2) is 57.8 Å². The molecule has 1 fully saturated rings. The fourth-order valence-electron chi connectivity index (χ4n) is 3.63. The van der Waals surface area contributed by atoms with E-state index in [9.17, 15) is 8.42 Å². The number of hydrogen-bond donors (Lipinski definition) is 0. The number of nitrogens with zero attached hydrogens (tertiary/aromatic N) is 3. The largest absolute Gasteiger partial charge is 0.454 e. The lowest BCUT2D eigenvalue weighted by molar-refractivity contribution is 0.174. The van der Waals surface area contributed by atoms with Crippen molar-refractivity contribution in [3.63, 3.8) is 0 Å². The zero-order chi connectivity index (χ0) is 19.8. The molecule has 2 aliphatic rings. The van der Waals surface area contributed by atoms with Gasteiger partial charge in [0.2, 0.25) is 28.6 Å². The van der Waals surface area contributed by atoms with Crippen molar-refractivity contribution in [3.05, 3.63) is 54.4 Å². The smallest absolute Gasteiger partial charge is 0.247 e. The van der Waals surface area contributed by atoms with Crippen LogP contribution in [0.5, 0.6) is 11.5 Å². The Hall–Kier alpha value is -2.91. The molecule has 0 spiro atoms. The Morgan fingerprint density at radius 3 is 2.48 bits per heavy atom. The van der Waals surface area contributed by atoms with Gasteiger partial charge >= 0.3 is 0 Å². The molecule has 0 aliphatic carbocycles. The van der Waals surface area contributed by atoms with Crippen LogP contribution in [0.2, 0.25) is 0 Å². The lowest BCUT2D eigenvalue weighted by Gasteiger charge is -2.29. The molecule has 0 bridgehead atoms. The molecule has 0 atom stereocenters. The molecule has 0 unspecified atom stereocenters. The third-order valence-corrected chi connectivity index (χ3v) is 7.14. The molecular weight excluding hydrogens is 394 g/mol. The molecule has 1 saturated heterocycles. The van der Waals surface area contributed by atoms with Crippen LogP contribution in [0.4, 0.5) is 0 Å². The molecule has 9 heteroatoms. The summed E-state index contributed by atoms with van der Waals surface area (Å²) < 4.78 is 43.9. The predicted octanol–water partition coefficient (Wildman–Crippen LogP) is 3.03.